The first-order valence-electron chi connectivity index (χ1n) is 3.03. The number of carbonyl (C=O) groups is 1. The van der Waals surface area contributed by atoms with E-state index in [-0.39, 0.29) is 18.0 Å². The molecular formula is C6H8N2O. The van der Waals surface area contributed by atoms with Crippen LogP contribution in [0.25, 0.3) is 0 Å². The molecule has 1 fully saturated rings. The third kappa shape index (κ3) is 0.352. The van der Waals surface area contributed by atoms with Crippen LogP contribution in [0.15, 0.2) is 4.99 Å². The molecule has 2 atom stereocenters. The Balaban J connectivity index is 2.26. The smallest absolute Gasteiger partial charge is 0.236 e. The van der Waals surface area contributed by atoms with E-state index < -0.39 is 0 Å². The van der Waals surface area contributed by atoms with Crippen LogP contribution in [-0.4, -0.2) is 29.7 Å². The molecule has 2 rings (SSSR count). The van der Waals surface area contributed by atoms with Crippen LogP contribution in [0, 0.1) is 5.92 Å². The SMILES string of the molecule is CC1=NC2C1C(=O)N2C. The highest BCUT2D eigenvalue weighted by atomic mass is 16.2. The van der Waals surface area contributed by atoms with Crippen molar-refractivity contribution >= 4 is 11.6 Å². The van der Waals surface area contributed by atoms with Crippen LogP contribution in [0.4, 0.5) is 0 Å². The van der Waals surface area contributed by atoms with Crippen molar-refractivity contribution in [1.82, 2.24) is 4.90 Å². The summed E-state index contributed by atoms with van der Waals surface area (Å²) in [6.45, 7) is 1.91. The molecule has 0 bridgehead atoms. The Bertz CT molecular complexity index is 209. The maximum Gasteiger partial charge on any atom is 0.236 e. The van der Waals surface area contributed by atoms with Gasteiger partial charge in [-0.1, -0.05) is 0 Å². The van der Waals surface area contributed by atoms with Gasteiger partial charge in [-0.3, -0.25) is 9.79 Å². The number of amides is 1. The lowest BCUT2D eigenvalue weighted by Crippen LogP contribution is -2.65. The molecule has 9 heavy (non-hydrogen) atoms. The fourth-order valence-electron chi connectivity index (χ4n) is 1.38. The van der Waals surface area contributed by atoms with E-state index in [4.69, 9.17) is 0 Å². The van der Waals surface area contributed by atoms with E-state index in [1.54, 1.807) is 11.9 Å². The maximum absolute atomic E-state index is 10.9. The molecule has 0 aromatic rings. The third-order valence-corrected chi connectivity index (χ3v) is 2.09. The zero-order valence-corrected chi connectivity index (χ0v) is 5.46. The van der Waals surface area contributed by atoms with Gasteiger partial charge in [-0.25, -0.2) is 0 Å². The van der Waals surface area contributed by atoms with E-state index in [2.05, 4.69) is 4.99 Å². The van der Waals surface area contributed by atoms with Gasteiger partial charge in [0.05, 0.1) is 0 Å². The fraction of sp³-hybridized carbons (Fsp3) is 0.667. The summed E-state index contributed by atoms with van der Waals surface area (Å²) in [6.07, 6.45) is 0.206. The van der Waals surface area contributed by atoms with Gasteiger partial charge in [-0.2, -0.15) is 0 Å². The summed E-state index contributed by atoms with van der Waals surface area (Å²) in [7, 11) is 1.79. The Hall–Kier alpha value is -0.860. The Kier molecular flexibility index (Phi) is 0.648. The first kappa shape index (κ1) is 4.97. The predicted molar refractivity (Wildman–Crippen MR) is 33.2 cm³/mol. The third-order valence-electron chi connectivity index (χ3n) is 2.09. The summed E-state index contributed by atoms with van der Waals surface area (Å²) in [5.74, 6) is 0.391. The quantitative estimate of drug-likeness (QED) is 0.414. The molecule has 0 saturated carbocycles. The van der Waals surface area contributed by atoms with Crippen LogP contribution in [0.1, 0.15) is 6.92 Å². The van der Waals surface area contributed by atoms with E-state index in [0.717, 1.165) is 5.71 Å². The minimum absolute atomic E-state index is 0.162. The van der Waals surface area contributed by atoms with Crippen LogP contribution in [0.3, 0.4) is 0 Å². The molecule has 2 unspecified atom stereocenters. The molecule has 0 aromatic carbocycles. The van der Waals surface area contributed by atoms with Crippen molar-refractivity contribution in [3.05, 3.63) is 0 Å². The highest BCUT2D eigenvalue weighted by molar-refractivity contribution is 6.12. The molecule has 1 amide bonds. The average molecular weight is 124 g/mol. The van der Waals surface area contributed by atoms with Crippen molar-refractivity contribution in [2.45, 2.75) is 13.1 Å². The molecule has 0 aromatic heterocycles. The molecule has 2 aliphatic heterocycles. The maximum atomic E-state index is 10.9. The number of likely N-dealkylation sites (tertiary alicyclic amines) is 1. The molecule has 0 N–H and O–H groups in total. The van der Waals surface area contributed by atoms with Crippen LogP contribution in [0.2, 0.25) is 0 Å². The van der Waals surface area contributed by atoms with Crippen molar-refractivity contribution < 1.29 is 4.79 Å². The van der Waals surface area contributed by atoms with Gasteiger partial charge in [0.25, 0.3) is 0 Å². The van der Waals surface area contributed by atoms with Crippen LogP contribution < -0.4 is 0 Å². The topological polar surface area (TPSA) is 32.7 Å². The number of hydrogen-bond acceptors (Lipinski definition) is 2. The number of rotatable bonds is 0. The molecule has 3 heteroatoms. The standard InChI is InChI=1S/C6H8N2O/c1-3-4-5(7-3)8(2)6(4)9/h4-5H,1-2H3. The zero-order valence-electron chi connectivity index (χ0n) is 5.46. The van der Waals surface area contributed by atoms with E-state index in [9.17, 15) is 4.79 Å². The average Bonchev–Trinajstić information content (AvgIpc) is 1.81. The van der Waals surface area contributed by atoms with Crippen LogP contribution in [0.5, 0.6) is 0 Å². The molecule has 2 aliphatic rings. The Labute approximate surface area is 53.4 Å². The first-order valence-corrected chi connectivity index (χ1v) is 3.03. The number of β-lactam (4-membered cyclic amide) rings is 1. The summed E-state index contributed by atoms with van der Waals surface area (Å²) >= 11 is 0. The lowest BCUT2D eigenvalue weighted by molar-refractivity contribution is -0.150. The molecule has 48 valence electrons. The second kappa shape index (κ2) is 1.17. The molecule has 2 heterocycles. The summed E-state index contributed by atoms with van der Waals surface area (Å²) in [4.78, 5) is 16.7. The van der Waals surface area contributed by atoms with Crippen LogP contribution >= 0.6 is 0 Å². The summed E-state index contributed by atoms with van der Waals surface area (Å²) in [6, 6.07) is 0. The highest BCUT2D eigenvalue weighted by Crippen LogP contribution is 2.34. The Morgan fingerprint density at radius 1 is 1.67 bits per heavy atom. The van der Waals surface area contributed by atoms with Gasteiger partial charge in [0.15, 0.2) is 0 Å². The van der Waals surface area contributed by atoms with E-state index >= 15 is 0 Å². The van der Waals surface area contributed by atoms with Gasteiger partial charge >= 0.3 is 0 Å². The monoisotopic (exact) mass is 124 g/mol. The normalized spacial score (nSPS) is 38.7. The molecule has 3 nitrogen and oxygen atoms in total. The van der Waals surface area contributed by atoms with E-state index in [1.807, 2.05) is 6.92 Å². The van der Waals surface area contributed by atoms with Crippen molar-refractivity contribution in [3.8, 4) is 0 Å². The number of carbonyl (C=O) groups excluding carboxylic acids is 1. The second-order valence-electron chi connectivity index (χ2n) is 2.61. The van der Waals surface area contributed by atoms with Gasteiger partial charge in [0.1, 0.15) is 12.1 Å². The number of aliphatic imine (C=N–C) groups is 1. The van der Waals surface area contributed by atoms with Gasteiger partial charge in [-0.05, 0) is 6.92 Å². The first-order chi connectivity index (χ1) is 4.22. The number of hydrogen-bond donors (Lipinski definition) is 0. The van der Waals surface area contributed by atoms with Gasteiger partial charge in [0, 0.05) is 12.8 Å². The van der Waals surface area contributed by atoms with Crippen molar-refractivity contribution in [2.24, 2.45) is 10.9 Å². The lowest BCUT2D eigenvalue weighted by Gasteiger charge is -2.48. The van der Waals surface area contributed by atoms with Crippen molar-refractivity contribution in [2.75, 3.05) is 7.05 Å². The van der Waals surface area contributed by atoms with Crippen molar-refractivity contribution in [1.29, 1.82) is 0 Å². The molecule has 0 aliphatic carbocycles. The summed E-state index contributed by atoms with van der Waals surface area (Å²) in [5, 5.41) is 0. The Morgan fingerprint density at radius 2 is 2.33 bits per heavy atom. The Morgan fingerprint density at radius 3 is 2.67 bits per heavy atom. The summed E-state index contributed by atoms with van der Waals surface area (Å²) in [5.41, 5.74) is 1.00. The minimum Gasteiger partial charge on any atom is -0.322 e. The molecular weight excluding hydrogens is 116 g/mol. The predicted octanol–water partition coefficient (Wildman–Crippen LogP) is -0.125. The van der Waals surface area contributed by atoms with Gasteiger partial charge in [0.2, 0.25) is 5.91 Å². The number of fused-ring (bicyclic) bond motifs is 1. The minimum atomic E-state index is 0.162. The highest BCUT2D eigenvalue weighted by Gasteiger charge is 2.52. The van der Waals surface area contributed by atoms with E-state index in [0.29, 0.717) is 0 Å². The number of nitrogens with zero attached hydrogens (tertiary/aromatic N) is 2. The molecule has 0 spiro atoms. The zero-order chi connectivity index (χ0) is 6.59. The lowest BCUT2D eigenvalue weighted by atomic mass is 9.84. The summed E-state index contributed by atoms with van der Waals surface area (Å²) < 4.78 is 0. The second-order valence-corrected chi connectivity index (χ2v) is 2.61. The van der Waals surface area contributed by atoms with Gasteiger partial charge < -0.3 is 4.90 Å². The van der Waals surface area contributed by atoms with Crippen LogP contribution in [-0.2, 0) is 4.79 Å². The largest absolute Gasteiger partial charge is 0.322 e. The fourth-order valence-corrected chi connectivity index (χ4v) is 1.38. The molecule has 0 radical (unpaired) electrons. The van der Waals surface area contributed by atoms with E-state index in [1.165, 1.54) is 0 Å². The van der Waals surface area contributed by atoms with Gasteiger partial charge in [-0.15, -0.1) is 0 Å². The molecule has 1 saturated heterocycles. The van der Waals surface area contributed by atoms with Crippen molar-refractivity contribution in [3.63, 3.8) is 0 Å².